The number of rotatable bonds is 10. The maximum absolute atomic E-state index is 14.8. The van der Waals surface area contributed by atoms with Crippen LogP contribution in [0.4, 0.5) is 20.7 Å². The van der Waals surface area contributed by atoms with Crippen LogP contribution in [0.2, 0.25) is 0 Å². The molecule has 2 aromatic rings. The predicted octanol–water partition coefficient (Wildman–Crippen LogP) is 0.0881. The monoisotopic (exact) mass is 461 g/mol. The molecule has 0 spiro atoms. The third kappa shape index (κ3) is 5.61. The summed E-state index contributed by atoms with van der Waals surface area (Å²) in [7, 11) is 0. The van der Waals surface area contributed by atoms with Crippen LogP contribution in [0.1, 0.15) is 0 Å². The van der Waals surface area contributed by atoms with Crippen LogP contribution < -0.4 is 15.1 Å². The van der Waals surface area contributed by atoms with E-state index in [2.05, 4.69) is 10.3 Å². The van der Waals surface area contributed by atoms with Gasteiger partial charge in [-0.15, -0.1) is 0 Å². The van der Waals surface area contributed by atoms with Crippen molar-refractivity contribution in [3.63, 3.8) is 0 Å². The third-order valence-corrected chi connectivity index (χ3v) is 4.98. The Morgan fingerprint density at radius 2 is 2.18 bits per heavy atom. The molecular formula is C21H24FN5O6. The Hall–Kier alpha value is -3.61. The normalized spacial score (nSPS) is 16.3. The fourth-order valence-electron chi connectivity index (χ4n) is 3.19. The first-order chi connectivity index (χ1) is 15.9. The largest absolute Gasteiger partial charge is 0.441 e. The maximum atomic E-state index is 14.8. The van der Waals surface area contributed by atoms with E-state index in [-0.39, 0.29) is 31.8 Å². The van der Waals surface area contributed by atoms with E-state index < -0.39 is 36.6 Å². The zero-order valence-corrected chi connectivity index (χ0v) is 17.5. The molecule has 1 aromatic carbocycles. The number of carbonyl (C=O) groups excluding carboxylic acids is 2. The first-order valence-electron chi connectivity index (χ1n) is 10.1. The summed E-state index contributed by atoms with van der Waals surface area (Å²) in [5.74, 6) is -0.910. The van der Waals surface area contributed by atoms with Gasteiger partial charge in [0.2, 0.25) is 0 Å². The summed E-state index contributed by atoms with van der Waals surface area (Å²) in [6.45, 7) is -0.593. The summed E-state index contributed by atoms with van der Waals surface area (Å²) in [5, 5.41) is 37.1. The van der Waals surface area contributed by atoms with Crippen molar-refractivity contribution in [1.29, 1.82) is 5.41 Å². The summed E-state index contributed by atoms with van der Waals surface area (Å²) in [5.41, 5.74) is 1.05. The summed E-state index contributed by atoms with van der Waals surface area (Å²) >= 11 is 0. The smallest absolute Gasteiger partial charge is 0.414 e. The minimum atomic E-state index is -1.51. The number of aromatic nitrogens is 1. The Morgan fingerprint density at radius 1 is 1.39 bits per heavy atom. The molecule has 0 radical (unpaired) electrons. The van der Waals surface area contributed by atoms with Gasteiger partial charge in [-0.05, 0) is 30.3 Å². The highest BCUT2D eigenvalue weighted by Gasteiger charge is 2.32. The molecule has 1 aliphatic rings. The van der Waals surface area contributed by atoms with E-state index in [4.69, 9.17) is 20.4 Å². The molecule has 2 amide bonds. The average Bonchev–Trinajstić information content (AvgIpc) is 3.22. The molecule has 2 atom stereocenters. The van der Waals surface area contributed by atoms with Crippen LogP contribution in [0.5, 0.6) is 0 Å². The molecule has 1 aromatic heterocycles. The van der Waals surface area contributed by atoms with Crippen LogP contribution in [0.25, 0.3) is 11.1 Å². The van der Waals surface area contributed by atoms with E-state index in [0.29, 0.717) is 17.1 Å². The van der Waals surface area contributed by atoms with Crippen LogP contribution in [-0.2, 0) is 9.53 Å². The number of carbonyl (C=O) groups is 2. The van der Waals surface area contributed by atoms with Crippen molar-refractivity contribution in [2.45, 2.75) is 12.2 Å². The molecule has 2 unspecified atom stereocenters. The van der Waals surface area contributed by atoms with E-state index in [1.54, 1.807) is 18.2 Å². The van der Waals surface area contributed by atoms with Crippen molar-refractivity contribution in [3.05, 3.63) is 42.3 Å². The topological polar surface area (TPSA) is 159 Å². The number of amides is 2. The number of hydrogen-bond donors (Lipinski definition) is 5. The molecule has 0 bridgehead atoms. The van der Waals surface area contributed by atoms with Gasteiger partial charge in [0, 0.05) is 30.4 Å². The van der Waals surface area contributed by atoms with Crippen LogP contribution >= 0.6 is 0 Å². The Kier molecular flexibility index (Phi) is 7.87. The number of nitrogens with zero attached hydrogens (tertiary/aromatic N) is 3. The molecule has 0 aliphatic carbocycles. The van der Waals surface area contributed by atoms with E-state index in [0.717, 1.165) is 6.34 Å². The standard InChI is InChI=1S/C21H24FN5O6/c22-17-7-14(27-9-15(10-28)33-21(27)32)2-3-16(17)13-1-4-19(25-8-13)26(12-23)6-5-24-20(31)18(30)11-29/h1-4,7-8,12,15,18,23,28-30H,5-6,9-11H2,(H,24,31). The number of aliphatic hydroxyl groups is 3. The van der Waals surface area contributed by atoms with E-state index in [1.807, 2.05) is 0 Å². The fourth-order valence-corrected chi connectivity index (χ4v) is 3.19. The second-order valence-electron chi connectivity index (χ2n) is 7.18. The van der Waals surface area contributed by atoms with E-state index in [1.165, 1.54) is 28.1 Å². The molecule has 33 heavy (non-hydrogen) atoms. The van der Waals surface area contributed by atoms with Crippen LogP contribution in [0.3, 0.4) is 0 Å². The highest BCUT2D eigenvalue weighted by atomic mass is 19.1. The molecule has 1 fully saturated rings. The molecule has 1 aliphatic heterocycles. The van der Waals surface area contributed by atoms with Gasteiger partial charge in [-0.1, -0.05) is 0 Å². The number of ether oxygens (including phenoxy) is 1. The molecule has 0 saturated carbocycles. The number of nitrogens with one attached hydrogen (secondary N) is 2. The molecule has 1 saturated heterocycles. The van der Waals surface area contributed by atoms with Gasteiger partial charge in [-0.2, -0.15) is 0 Å². The Labute approximate surface area is 188 Å². The summed E-state index contributed by atoms with van der Waals surface area (Å²) in [6.07, 6.45) is -0.364. The van der Waals surface area contributed by atoms with Crippen molar-refractivity contribution in [2.75, 3.05) is 42.6 Å². The molecule has 5 N–H and O–H groups in total. The van der Waals surface area contributed by atoms with Crippen LogP contribution in [0.15, 0.2) is 36.5 Å². The zero-order valence-electron chi connectivity index (χ0n) is 17.5. The van der Waals surface area contributed by atoms with Crippen molar-refractivity contribution >= 4 is 29.8 Å². The quantitative estimate of drug-likeness (QED) is 0.246. The second kappa shape index (κ2) is 10.8. The number of aliphatic hydroxyl groups excluding tert-OH is 3. The van der Waals surface area contributed by atoms with E-state index in [9.17, 15) is 19.1 Å². The summed E-state index contributed by atoms with van der Waals surface area (Å²) in [4.78, 5) is 30.3. The molecular weight excluding hydrogens is 437 g/mol. The molecule has 12 heteroatoms. The third-order valence-electron chi connectivity index (χ3n) is 4.98. The van der Waals surface area contributed by atoms with Gasteiger partial charge in [0.15, 0.2) is 6.10 Å². The second-order valence-corrected chi connectivity index (χ2v) is 7.18. The number of hydrogen-bond acceptors (Lipinski definition) is 8. The highest BCUT2D eigenvalue weighted by Crippen LogP contribution is 2.29. The van der Waals surface area contributed by atoms with Gasteiger partial charge in [-0.25, -0.2) is 14.2 Å². The van der Waals surface area contributed by atoms with Gasteiger partial charge in [0.05, 0.1) is 31.8 Å². The Balaban J connectivity index is 1.67. The van der Waals surface area contributed by atoms with Crippen molar-refractivity contribution in [1.82, 2.24) is 10.3 Å². The van der Waals surface area contributed by atoms with Gasteiger partial charge in [0.1, 0.15) is 17.7 Å². The van der Waals surface area contributed by atoms with Crippen molar-refractivity contribution in [2.24, 2.45) is 0 Å². The summed E-state index contributed by atoms with van der Waals surface area (Å²) < 4.78 is 19.7. The van der Waals surface area contributed by atoms with Gasteiger partial charge < -0.3 is 30.3 Å². The lowest BCUT2D eigenvalue weighted by Crippen LogP contribution is -2.41. The number of halogens is 1. The lowest BCUT2D eigenvalue weighted by Gasteiger charge is -2.19. The Morgan fingerprint density at radius 3 is 2.76 bits per heavy atom. The molecule has 176 valence electrons. The zero-order chi connectivity index (χ0) is 24.0. The average molecular weight is 461 g/mol. The maximum Gasteiger partial charge on any atom is 0.414 e. The Bertz CT molecular complexity index is 1010. The molecule has 11 nitrogen and oxygen atoms in total. The number of benzene rings is 1. The van der Waals surface area contributed by atoms with E-state index >= 15 is 0 Å². The number of pyridine rings is 1. The van der Waals surface area contributed by atoms with Crippen molar-refractivity contribution in [3.8, 4) is 11.1 Å². The van der Waals surface area contributed by atoms with Gasteiger partial charge in [-0.3, -0.25) is 15.1 Å². The van der Waals surface area contributed by atoms with Gasteiger partial charge >= 0.3 is 6.09 Å². The fraction of sp³-hybridized carbons (Fsp3) is 0.333. The number of cyclic esters (lactones) is 1. The predicted molar refractivity (Wildman–Crippen MR) is 117 cm³/mol. The minimum absolute atomic E-state index is 0.0981. The lowest BCUT2D eigenvalue weighted by molar-refractivity contribution is -0.131. The SMILES string of the molecule is N=CN(CCNC(=O)C(O)CO)c1ccc(-c2ccc(N3CC(CO)OC3=O)cc2F)cn1. The number of anilines is 2. The van der Waals surface area contributed by atoms with Crippen LogP contribution in [-0.4, -0.2) is 83.7 Å². The first-order valence-corrected chi connectivity index (χ1v) is 10.1. The first kappa shape index (κ1) is 24.0. The van der Waals surface area contributed by atoms with Crippen LogP contribution in [0, 0.1) is 11.2 Å². The summed E-state index contributed by atoms with van der Waals surface area (Å²) in [6, 6.07) is 7.49. The minimum Gasteiger partial charge on any atom is -0.441 e. The molecule has 2 heterocycles. The highest BCUT2D eigenvalue weighted by molar-refractivity contribution is 5.90. The lowest BCUT2D eigenvalue weighted by atomic mass is 10.1. The van der Waals surface area contributed by atoms with Crippen molar-refractivity contribution < 1.29 is 34.0 Å². The molecule has 3 rings (SSSR count). The van der Waals surface area contributed by atoms with Gasteiger partial charge in [0.25, 0.3) is 5.91 Å².